The van der Waals surface area contributed by atoms with E-state index in [0.29, 0.717) is 18.6 Å². The third kappa shape index (κ3) is 3.93. The van der Waals surface area contributed by atoms with Crippen LogP contribution in [0.2, 0.25) is 0 Å². The van der Waals surface area contributed by atoms with Crippen LogP contribution < -0.4 is 0 Å². The third-order valence-electron chi connectivity index (χ3n) is 4.90. The van der Waals surface area contributed by atoms with E-state index in [4.69, 9.17) is 9.84 Å². The molecule has 0 radical (unpaired) electrons. The largest absolute Gasteiger partial charge is 0.479 e. The normalized spacial score (nSPS) is 25.3. The van der Waals surface area contributed by atoms with Crippen LogP contribution in [0.1, 0.15) is 51.9 Å². The molecule has 0 amide bonds. The Hall–Kier alpha value is -0.610. The summed E-state index contributed by atoms with van der Waals surface area (Å²) in [6, 6.07) is 0. The third-order valence-corrected chi connectivity index (χ3v) is 4.90. The van der Waals surface area contributed by atoms with E-state index < -0.39 is 12.1 Å². The molecule has 0 aromatic rings. The average Bonchev–Trinajstić information content (AvgIpc) is 2.42. The second-order valence-electron chi connectivity index (χ2n) is 6.14. The summed E-state index contributed by atoms with van der Waals surface area (Å²) in [6.07, 6.45) is 8.76. The number of aliphatic carboxylic acids is 1. The van der Waals surface area contributed by atoms with E-state index in [-0.39, 0.29) is 0 Å². The predicted molar refractivity (Wildman–Crippen MR) is 74.2 cm³/mol. The summed E-state index contributed by atoms with van der Waals surface area (Å²) in [7, 11) is 0. The van der Waals surface area contributed by atoms with E-state index in [9.17, 15) is 4.79 Å². The zero-order valence-corrected chi connectivity index (χ0v) is 12.1. The zero-order valence-electron chi connectivity index (χ0n) is 12.1. The summed E-state index contributed by atoms with van der Waals surface area (Å²) in [6.45, 7) is 4.94. The average molecular weight is 269 g/mol. The first-order chi connectivity index (χ1) is 9.15. The second-order valence-corrected chi connectivity index (χ2v) is 6.14. The Morgan fingerprint density at radius 3 is 2.37 bits per heavy atom. The molecule has 110 valence electrons. The summed E-state index contributed by atoms with van der Waals surface area (Å²) >= 11 is 0. The van der Waals surface area contributed by atoms with Gasteiger partial charge >= 0.3 is 5.97 Å². The van der Waals surface area contributed by atoms with Gasteiger partial charge in [-0.3, -0.25) is 0 Å². The molecule has 4 heteroatoms. The molecule has 2 rings (SSSR count). The predicted octanol–water partition coefficient (Wildman–Crippen LogP) is 2.52. The van der Waals surface area contributed by atoms with Gasteiger partial charge < -0.3 is 14.7 Å². The molecule has 1 aliphatic carbocycles. The highest BCUT2D eigenvalue weighted by Crippen LogP contribution is 2.44. The first-order valence-electron chi connectivity index (χ1n) is 7.72. The van der Waals surface area contributed by atoms with Gasteiger partial charge in [0, 0.05) is 13.2 Å². The zero-order chi connectivity index (χ0) is 13.7. The van der Waals surface area contributed by atoms with Gasteiger partial charge in [-0.25, -0.2) is 4.79 Å². The van der Waals surface area contributed by atoms with Crippen LogP contribution in [0, 0.1) is 5.41 Å². The topological polar surface area (TPSA) is 49.8 Å². The van der Waals surface area contributed by atoms with Gasteiger partial charge in [0.25, 0.3) is 0 Å². The van der Waals surface area contributed by atoms with Crippen molar-refractivity contribution in [3.8, 4) is 0 Å². The minimum atomic E-state index is -0.834. The van der Waals surface area contributed by atoms with Crippen molar-refractivity contribution in [1.82, 2.24) is 4.90 Å². The molecule has 1 N–H and O–H groups in total. The second kappa shape index (κ2) is 6.71. The fourth-order valence-corrected chi connectivity index (χ4v) is 3.65. The standard InChI is InChI=1S/C15H27NO3/c1-2-19-13(14(17)18)12-16-10-8-15(9-11-16)6-4-3-5-7-15/h13H,2-12H2,1H3,(H,17,18). The molecule has 0 bridgehead atoms. The Morgan fingerprint density at radius 1 is 1.21 bits per heavy atom. The Bertz CT molecular complexity index is 290. The Balaban J connectivity index is 1.80. The number of likely N-dealkylation sites (tertiary alicyclic amines) is 1. The number of ether oxygens (including phenoxy) is 1. The van der Waals surface area contributed by atoms with Gasteiger partial charge in [-0.2, -0.15) is 0 Å². The summed E-state index contributed by atoms with van der Waals surface area (Å²) in [4.78, 5) is 13.4. The highest BCUT2D eigenvalue weighted by molar-refractivity contribution is 5.72. The van der Waals surface area contributed by atoms with Crippen LogP contribution in [0.3, 0.4) is 0 Å². The van der Waals surface area contributed by atoms with Crippen LogP contribution in [0.15, 0.2) is 0 Å². The number of hydrogen-bond acceptors (Lipinski definition) is 3. The van der Waals surface area contributed by atoms with Gasteiger partial charge in [-0.15, -0.1) is 0 Å². The SMILES string of the molecule is CCOC(CN1CCC2(CCCCC2)CC1)C(=O)O. The van der Waals surface area contributed by atoms with Gasteiger partial charge in [0.05, 0.1) is 0 Å². The lowest BCUT2D eigenvalue weighted by atomic mass is 9.68. The Morgan fingerprint density at radius 2 is 1.84 bits per heavy atom. The van der Waals surface area contributed by atoms with Crippen LogP contribution in [0.5, 0.6) is 0 Å². The van der Waals surface area contributed by atoms with Crippen molar-refractivity contribution < 1.29 is 14.6 Å². The van der Waals surface area contributed by atoms with E-state index >= 15 is 0 Å². The Labute approximate surface area is 116 Å². The van der Waals surface area contributed by atoms with Crippen molar-refractivity contribution in [2.45, 2.75) is 58.0 Å². The first-order valence-corrected chi connectivity index (χ1v) is 7.72. The van der Waals surface area contributed by atoms with Crippen molar-refractivity contribution in [3.63, 3.8) is 0 Å². The molecule has 1 atom stereocenters. The molecule has 1 saturated carbocycles. The van der Waals surface area contributed by atoms with Crippen LogP contribution in [-0.4, -0.2) is 48.3 Å². The summed E-state index contributed by atoms with van der Waals surface area (Å²) < 4.78 is 5.30. The molecule has 1 saturated heterocycles. The van der Waals surface area contributed by atoms with Gasteiger partial charge in [-0.1, -0.05) is 19.3 Å². The summed E-state index contributed by atoms with van der Waals surface area (Å²) in [5, 5.41) is 9.13. The van der Waals surface area contributed by atoms with Crippen molar-refractivity contribution in [2.75, 3.05) is 26.2 Å². The smallest absolute Gasteiger partial charge is 0.334 e. The number of carboxylic acid groups (broad SMARTS) is 1. The van der Waals surface area contributed by atoms with Crippen LogP contribution in [0.4, 0.5) is 0 Å². The molecule has 1 unspecified atom stereocenters. The van der Waals surface area contributed by atoms with Crippen molar-refractivity contribution in [3.05, 3.63) is 0 Å². The first kappa shape index (κ1) is 14.8. The van der Waals surface area contributed by atoms with Crippen molar-refractivity contribution >= 4 is 5.97 Å². The van der Waals surface area contributed by atoms with Crippen LogP contribution in [-0.2, 0) is 9.53 Å². The fourth-order valence-electron chi connectivity index (χ4n) is 3.65. The van der Waals surface area contributed by atoms with Crippen molar-refractivity contribution in [1.29, 1.82) is 0 Å². The molecule has 0 aromatic carbocycles. The number of piperidine rings is 1. The van der Waals surface area contributed by atoms with E-state index in [2.05, 4.69) is 4.90 Å². The van der Waals surface area contributed by atoms with Crippen LogP contribution >= 0.6 is 0 Å². The van der Waals surface area contributed by atoms with Gasteiger partial charge in [0.1, 0.15) is 0 Å². The van der Waals surface area contributed by atoms with Crippen molar-refractivity contribution in [2.24, 2.45) is 5.41 Å². The fraction of sp³-hybridized carbons (Fsp3) is 0.933. The van der Waals surface area contributed by atoms with Gasteiger partial charge in [-0.05, 0) is 51.1 Å². The number of nitrogens with zero attached hydrogens (tertiary/aromatic N) is 1. The maximum Gasteiger partial charge on any atom is 0.334 e. The number of carbonyl (C=O) groups is 1. The van der Waals surface area contributed by atoms with Gasteiger partial charge in [0.2, 0.25) is 0 Å². The van der Waals surface area contributed by atoms with E-state index in [1.165, 1.54) is 44.9 Å². The lowest BCUT2D eigenvalue weighted by Gasteiger charge is -2.44. The molecule has 19 heavy (non-hydrogen) atoms. The monoisotopic (exact) mass is 269 g/mol. The molecule has 2 fully saturated rings. The molecule has 1 heterocycles. The minimum Gasteiger partial charge on any atom is -0.479 e. The maximum atomic E-state index is 11.1. The number of hydrogen-bond donors (Lipinski definition) is 1. The molecule has 0 aromatic heterocycles. The summed E-state index contributed by atoms with van der Waals surface area (Å²) in [5.74, 6) is -0.834. The molecular formula is C15H27NO3. The maximum absolute atomic E-state index is 11.1. The molecule has 1 aliphatic heterocycles. The molecule has 2 aliphatic rings. The molecule has 1 spiro atoms. The van der Waals surface area contributed by atoms with Gasteiger partial charge in [0.15, 0.2) is 6.10 Å². The number of rotatable bonds is 5. The van der Waals surface area contributed by atoms with E-state index in [0.717, 1.165) is 13.1 Å². The number of carboxylic acids is 1. The lowest BCUT2D eigenvalue weighted by molar-refractivity contribution is -0.151. The molecular weight excluding hydrogens is 242 g/mol. The minimum absolute atomic E-state index is 0.467. The summed E-state index contributed by atoms with van der Waals surface area (Å²) in [5.41, 5.74) is 0.582. The lowest BCUT2D eigenvalue weighted by Crippen LogP contribution is -2.46. The van der Waals surface area contributed by atoms with E-state index in [1.54, 1.807) is 0 Å². The molecule has 4 nitrogen and oxygen atoms in total. The Kier molecular flexibility index (Phi) is 5.22. The highest BCUT2D eigenvalue weighted by atomic mass is 16.5. The van der Waals surface area contributed by atoms with Crippen LogP contribution in [0.25, 0.3) is 0 Å². The highest BCUT2D eigenvalue weighted by Gasteiger charge is 2.36. The quantitative estimate of drug-likeness (QED) is 0.833. The van der Waals surface area contributed by atoms with E-state index in [1.807, 2.05) is 6.92 Å².